The molecule has 0 spiro atoms. The summed E-state index contributed by atoms with van der Waals surface area (Å²) in [5.74, 6) is -2.22. The van der Waals surface area contributed by atoms with Crippen molar-refractivity contribution in [2.45, 2.75) is 0 Å². The zero-order chi connectivity index (χ0) is 15.7. The van der Waals surface area contributed by atoms with Crippen LogP contribution in [0.4, 0.5) is 10.1 Å². The van der Waals surface area contributed by atoms with Gasteiger partial charge in [0.15, 0.2) is 0 Å². The SMILES string of the molecule is O=C(Nc1ccc(Br)cc1F)C(=O)c1c[nH]c2ccccc12. The second-order valence-corrected chi connectivity index (χ2v) is 5.57. The Hall–Kier alpha value is -2.47. The summed E-state index contributed by atoms with van der Waals surface area (Å²) in [6.45, 7) is 0. The lowest BCUT2D eigenvalue weighted by Gasteiger charge is -2.05. The van der Waals surface area contributed by atoms with Gasteiger partial charge in [0.25, 0.3) is 11.7 Å². The van der Waals surface area contributed by atoms with Crippen LogP contribution in [0.15, 0.2) is 53.1 Å². The highest BCUT2D eigenvalue weighted by molar-refractivity contribution is 9.10. The number of ketones is 1. The fourth-order valence-corrected chi connectivity index (χ4v) is 2.48. The summed E-state index contributed by atoms with van der Waals surface area (Å²) < 4.78 is 14.3. The van der Waals surface area contributed by atoms with E-state index in [0.717, 1.165) is 5.52 Å². The molecular formula is C16H10BrFN2O2. The van der Waals surface area contributed by atoms with Crippen LogP contribution < -0.4 is 5.32 Å². The Morgan fingerprint density at radius 2 is 1.91 bits per heavy atom. The quantitative estimate of drug-likeness (QED) is 0.549. The van der Waals surface area contributed by atoms with Crippen molar-refractivity contribution in [1.29, 1.82) is 0 Å². The van der Waals surface area contributed by atoms with Crippen molar-refractivity contribution >= 4 is 44.2 Å². The molecule has 3 rings (SSSR count). The summed E-state index contributed by atoms with van der Waals surface area (Å²) in [5.41, 5.74) is 0.973. The summed E-state index contributed by atoms with van der Waals surface area (Å²) in [6.07, 6.45) is 1.48. The number of Topliss-reactive ketones (excluding diaryl/α,β-unsaturated/α-hetero) is 1. The second-order valence-electron chi connectivity index (χ2n) is 4.66. The average molecular weight is 361 g/mol. The monoisotopic (exact) mass is 360 g/mol. The van der Waals surface area contributed by atoms with Crippen LogP contribution >= 0.6 is 15.9 Å². The number of benzene rings is 2. The Bertz CT molecular complexity index is 889. The van der Waals surface area contributed by atoms with E-state index in [2.05, 4.69) is 26.2 Å². The van der Waals surface area contributed by atoms with E-state index in [1.807, 2.05) is 6.07 Å². The molecule has 1 amide bonds. The van der Waals surface area contributed by atoms with E-state index in [9.17, 15) is 14.0 Å². The van der Waals surface area contributed by atoms with E-state index in [1.54, 1.807) is 24.3 Å². The Kier molecular flexibility index (Phi) is 3.77. The lowest BCUT2D eigenvalue weighted by Crippen LogP contribution is -2.23. The molecular weight excluding hydrogens is 351 g/mol. The van der Waals surface area contributed by atoms with Crippen LogP contribution in [0.5, 0.6) is 0 Å². The first-order chi connectivity index (χ1) is 10.6. The Balaban J connectivity index is 1.87. The van der Waals surface area contributed by atoms with Crippen molar-refractivity contribution in [1.82, 2.24) is 4.98 Å². The number of anilines is 1. The third-order valence-electron chi connectivity index (χ3n) is 3.22. The molecule has 6 heteroatoms. The largest absolute Gasteiger partial charge is 0.360 e. The molecule has 0 aliphatic heterocycles. The van der Waals surface area contributed by atoms with Crippen molar-refractivity contribution in [2.75, 3.05) is 5.32 Å². The molecule has 4 nitrogen and oxygen atoms in total. The van der Waals surface area contributed by atoms with Crippen LogP contribution in [0, 0.1) is 5.82 Å². The van der Waals surface area contributed by atoms with Gasteiger partial charge in [-0.05, 0) is 24.3 Å². The van der Waals surface area contributed by atoms with Crippen LogP contribution in [0.3, 0.4) is 0 Å². The predicted octanol–water partition coefficient (Wildman–Crippen LogP) is 3.89. The first-order valence-electron chi connectivity index (χ1n) is 6.43. The van der Waals surface area contributed by atoms with E-state index in [0.29, 0.717) is 9.86 Å². The average Bonchev–Trinajstić information content (AvgIpc) is 2.93. The van der Waals surface area contributed by atoms with Crippen LogP contribution in [-0.4, -0.2) is 16.7 Å². The summed E-state index contributed by atoms with van der Waals surface area (Å²) in [6, 6.07) is 11.3. The summed E-state index contributed by atoms with van der Waals surface area (Å²) in [4.78, 5) is 27.2. The molecule has 0 fully saturated rings. The molecule has 2 aromatic carbocycles. The molecule has 0 saturated heterocycles. The molecule has 3 aromatic rings. The number of fused-ring (bicyclic) bond motifs is 1. The zero-order valence-electron chi connectivity index (χ0n) is 11.2. The fourth-order valence-electron chi connectivity index (χ4n) is 2.15. The van der Waals surface area contributed by atoms with Gasteiger partial charge >= 0.3 is 0 Å². The minimum Gasteiger partial charge on any atom is -0.360 e. The number of carbonyl (C=O) groups excluding carboxylic acids is 2. The van der Waals surface area contributed by atoms with Crippen molar-refractivity contribution in [3.8, 4) is 0 Å². The normalized spacial score (nSPS) is 10.6. The highest BCUT2D eigenvalue weighted by atomic mass is 79.9. The topological polar surface area (TPSA) is 62.0 Å². The molecule has 0 atom stereocenters. The molecule has 1 aromatic heterocycles. The van der Waals surface area contributed by atoms with Gasteiger partial charge in [-0.25, -0.2) is 4.39 Å². The molecule has 110 valence electrons. The van der Waals surface area contributed by atoms with Crippen molar-refractivity contribution < 1.29 is 14.0 Å². The summed E-state index contributed by atoms with van der Waals surface area (Å²) >= 11 is 3.13. The lowest BCUT2D eigenvalue weighted by molar-refractivity contribution is -0.112. The number of hydrogen-bond donors (Lipinski definition) is 2. The molecule has 22 heavy (non-hydrogen) atoms. The van der Waals surface area contributed by atoms with Crippen LogP contribution in [0.2, 0.25) is 0 Å². The van der Waals surface area contributed by atoms with Gasteiger partial charge in [0.2, 0.25) is 0 Å². The third-order valence-corrected chi connectivity index (χ3v) is 3.71. The van der Waals surface area contributed by atoms with Gasteiger partial charge in [-0.3, -0.25) is 9.59 Å². The van der Waals surface area contributed by atoms with Crippen LogP contribution in [-0.2, 0) is 4.79 Å². The molecule has 0 saturated carbocycles. The van der Waals surface area contributed by atoms with E-state index in [4.69, 9.17) is 0 Å². The van der Waals surface area contributed by atoms with Gasteiger partial charge in [0.1, 0.15) is 5.82 Å². The maximum absolute atomic E-state index is 13.7. The Labute approximate surface area is 133 Å². The number of para-hydroxylation sites is 1. The number of aromatic amines is 1. The molecule has 0 radical (unpaired) electrons. The van der Waals surface area contributed by atoms with Gasteiger partial charge in [-0.2, -0.15) is 0 Å². The minimum atomic E-state index is -0.883. The van der Waals surface area contributed by atoms with E-state index in [1.165, 1.54) is 18.3 Å². The highest BCUT2D eigenvalue weighted by Gasteiger charge is 2.20. The standard InChI is InChI=1S/C16H10BrFN2O2/c17-9-5-6-14(12(18)7-9)20-16(22)15(21)11-8-19-13-4-2-1-3-10(11)13/h1-8,19H,(H,20,22). The maximum Gasteiger partial charge on any atom is 0.296 e. The number of nitrogens with one attached hydrogen (secondary N) is 2. The number of amides is 1. The highest BCUT2D eigenvalue weighted by Crippen LogP contribution is 2.21. The molecule has 0 aliphatic carbocycles. The maximum atomic E-state index is 13.7. The molecule has 2 N–H and O–H groups in total. The number of rotatable bonds is 3. The van der Waals surface area contributed by atoms with E-state index in [-0.39, 0.29) is 11.3 Å². The minimum absolute atomic E-state index is 0.0404. The summed E-state index contributed by atoms with van der Waals surface area (Å²) in [7, 11) is 0. The first-order valence-corrected chi connectivity index (χ1v) is 7.22. The van der Waals surface area contributed by atoms with E-state index < -0.39 is 17.5 Å². The fraction of sp³-hybridized carbons (Fsp3) is 0. The first kappa shape index (κ1) is 14.5. The van der Waals surface area contributed by atoms with Crippen molar-refractivity contribution in [2.24, 2.45) is 0 Å². The van der Waals surface area contributed by atoms with Crippen molar-refractivity contribution in [3.63, 3.8) is 0 Å². The number of carbonyl (C=O) groups is 2. The Morgan fingerprint density at radius 3 is 2.68 bits per heavy atom. The smallest absolute Gasteiger partial charge is 0.296 e. The van der Waals surface area contributed by atoms with E-state index >= 15 is 0 Å². The van der Waals surface area contributed by atoms with Crippen LogP contribution in [0.25, 0.3) is 10.9 Å². The lowest BCUT2D eigenvalue weighted by atomic mass is 10.1. The Morgan fingerprint density at radius 1 is 1.14 bits per heavy atom. The van der Waals surface area contributed by atoms with Gasteiger partial charge in [-0.15, -0.1) is 0 Å². The van der Waals surface area contributed by atoms with Crippen LogP contribution in [0.1, 0.15) is 10.4 Å². The predicted molar refractivity (Wildman–Crippen MR) is 85.4 cm³/mol. The van der Waals surface area contributed by atoms with Gasteiger partial charge in [0.05, 0.1) is 11.3 Å². The van der Waals surface area contributed by atoms with Gasteiger partial charge in [0, 0.05) is 21.6 Å². The number of aromatic nitrogens is 1. The molecule has 0 unspecified atom stereocenters. The molecule has 1 heterocycles. The van der Waals surface area contributed by atoms with Crippen molar-refractivity contribution in [3.05, 3.63) is 64.5 Å². The third kappa shape index (κ3) is 2.65. The van der Waals surface area contributed by atoms with Gasteiger partial charge in [-0.1, -0.05) is 34.1 Å². The number of H-pyrrole nitrogens is 1. The second kappa shape index (κ2) is 5.73. The number of hydrogen-bond acceptors (Lipinski definition) is 2. The zero-order valence-corrected chi connectivity index (χ0v) is 12.8. The molecule has 0 aliphatic rings. The number of halogens is 2. The summed E-state index contributed by atoms with van der Waals surface area (Å²) in [5, 5.41) is 2.94. The van der Waals surface area contributed by atoms with Gasteiger partial charge < -0.3 is 10.3 Å². The molecule has 0 bridgehead atoms.